The zero-order chi connectivity index (χ0) is 23.0. The number of allylic oxidation sites excluding steroid dienone is 1. The number of carbonyl (C=O) groups is 1. The maximum atomic E-state index is 12.2. The number of ether oxygens (including phenoxy) is 1. The molecule has 1 aromatic heterocycles. The van der Waals surface area contributed by atoms with Crippen molar-refractivity contribution >= 4 is 23.5 Å². The molecule has 0 atom stereocenters. The quantitative estimate of drug-likeness (QED) is 0.224. The number of nitrogens with zero attached hydrogens (tertiary/aromatic N) is 3. The van der Waals surface area contributed by atoms with Crippen molar-refractivity contribution in [1.29, 1.82) is 0 Å². The van der Waals surface area contributed by atoms with Crippen molar-refractivity contribution in [2.75, 3.05) is 31.7 Å². The monoisotopic (exact) mass is 426 g/mol. The summed E-state index contributed by atoms with van der Waals surface area (Å²) in [7, 11) is 1.67. The molecule has 1 aromatic carbocycles. The van der Waals surface area contributed by atoms with Gasteiger partial charge in [0.05, 0.1) is 19.3 Å². The van der Waals surface area contributed by atoms with Crippen LogP contribution in [0.3, 0.4) is 0 Å². The number of nitrogens with one attached hydrogen (secondary N) is 2. The maximum Gasteiger partial charge on any atom is 0.280 e. The van der Waals surface area contributed by atoms with Crippen LogP contribution in [0.25, 0.3) is 0 Å². The molecule has 0 radical (unpaired) electrons. The number of benzene rings is 1. The lowest BCUT2D eigenvalue weighted by atomic mass is 10.0. The van der Waals surface area contributed by atoms with Crippen molar-refractivity contribution < 1.29 is 9.53 Å². The second-order valence-corrected chi connectivity index (χ2v) is 6.86. The minimum atomic E-state index is -0.599. The van der Waals surface area contributed by atoms with Gasteiger partial charge in [-0.1, -0.05) is 25.6 Å². The van der Waals surface area contributed by atoms with E-state index in [-0.39, 0.29) is 23.3 Å². The molecule has 1 heterocycles. The van der Waals surface area contributed by atoms with Gasteiger partial charge in [-0.2, -0.15) is 0 Å². The Morgan fingerprint density at radius 2 is 2.00 bits per heavy atom. The van der Waals surface area contributed by atoms with E-state index in [1.54, 1.807) is 14.0 Å². The molecule has 166 valence electrons. The first-order valence-corrected chi connectivity index (χ1v) is 9.83. The van der Waals surface area contributed by atoms with E-state index in [2.05, 4.69) is 45.2 Å². The summed E-state index contributed by atoms with van der Waals surface area (Å²) in [6.07, 6.45) is 1.57. The number of anilines is 2. The van der Waals surface area contributed by atoms with Gasteiger partial charge in [-0.3, -0.25) is 15.1 Å². The average molecular weight is 427 g/mol. The van der Waals surface area contributed by atoms with Crippen LogP contribution in [-0.2, 0) is 12.8 Å². The van der Waals surface area contributed by atoms with Crippen LogP contribution in [0.1, 0.15) is 34.2 Å². The molecule has 0 aliphatic carbocycles. The summed E-state index contributed by atoms with van der Waals surface area (Å²) in [5, 5.41) is 5.64. The molecule has 10 heteroatoms. The summed E-state index contributed by atoms with van der Waals surface area (Å²) < 4.78 is 5.36. The molecule has 0 unspecified atom stereocenters. The third-order valence-electron chi connectivity index (χ3n) is 4.50. The zero-order valence-electron chi connectivity index (χ0n) is 18.2. The number of aromatic nitrogens is 2. The lowest BCUT2D eigenvalue weighted by Crippen LogP contribution is -2.38. The molecule has 8 N–H and O–H groups in total. The third kappa shape index (κ3) is 6.59. The Labute approximate surface area is 182 Å². The lowest BCUT2D eigenvalue weighted by Gasteiger charge is -2.12. The second-order valence-electron chi connectivity index (χ2n) is 6.86. The van der Waals surface area contributed by atoms with Crippen molar-refractivity contribution in [1.82, 2.24) is 20.6 Å². The summed E-state index contributed by atoms with van der Waals surface area (Å²) in [5.74, 6) is 0.339. The average Bonchev–Trinajstić information content (AvgIpc) is 2.73. The van der Waals surface area contributed by atoms with Gasteiger partial charge in [0, 0.05) is 18.7 Å². The van der Waals surface area contributed by atoms with Crippen molar-refractivity contribution in [3.8, 4) is 5.75 Å². The van der Waals surface area contributed by atoms with Crippen molar-refractivity contribution in [3.05, 3.63) is 53.0 Å². The first-order valence-electron chi connectivity index (χ1n) is 9.83. The number of guanidine groups is 1. The molecule has 0 aliphatic rings. The molecular weight excluding hydrogens is 396 g/mol. The van der Waals surface area contributed by atoms with Crippen LogP contribution in [0, 0.1) is 6.92 Å². The van der Waals surface area contributed by atoms with E-state index >= 15 is 0 Å². The first kappa shape index (κ1) is 23.5. The molecule has 0 bridgehead atoms. The Morgan fingerprint density at radius 1 is 1.26 bits per heavy atom. The zero-order valence-corrected chi connectivity index (χ0v) is 18.2. The van der Waals surface area contributed by atoms with E-state index in [1.807, 2.05) is 12.1 Å². The Balaban J connectivity index is 1.82. The minimum Gasteiger partial charge on any atom is -0.496 e. The number of nitrogens with two attached hydrogens (primary N) is 3. The van der Waals surface area contributed by atoms with Crippen molar-refractivity contribution in [2.45, 2.75) is 26.7 Å². The lowest BCUT2D eigenvalue weighted by molar-refractivity contribution is 0.0972. The highest BCUT2D eigenvalue weighted by Gasteiger charge is 2.15. The Hall–Kier alpha value is -3.82. The molecular formula is C21H30N8O2. The highest BCUT2D eigenvalue weighted by atomic mass is 16.5. The third-order valence-corrected chi connectivity index (χ3v) is 4.50. The van der Waals surface area contributed by atoms with E-state index in [9.17, 15) is 4.79 Å². The van der Waals surface area contributed by atoms with Gasteiger partial charge in [0.1, 0.15) is 11.6 Å². The molecule has 2 rings (SSSR count). The van der Waals surface area contributed by atoms with Crippen LogP contribution in [-0.4, -0.2) is 42.0 Å². The van der Waals surface area contributed by atoms with Gasteiger partial charge < -0.3 is 27.3 Å². The van der Waals surface area contributed by atoms with Gasteiger partial charge in [-0.05, 0) is 30.5 Å². The second kappa shape index (κ2) is 10.8. The summed E-state index contributed by atoms with van der Waals surface area (Å²) >= 11 is 0. The number of nitrogen functional groups attached to an aromatic ring is 2. The molecule has 2 aromatic rings. The fourth-order valence-electron chi connectivity index (χ4n) is 2.86. The summed E-state index contributed by atoms with van der Waals surface area (Å²) in [6, 6.07) is 6.10. The Bertz CT molecular complexity index is 988. The van der Waals surface area contributed by atoms with E-state index in [0.29, 0.717) is 25.2 Å². The number of carbonyl (C=O) groups excluding carboxylic acids is 1. The van der Waals surface area contributed by atoms with Crippen molar-refractivity contribution in [2.24, 2.45) is 10.7 Å². The number of aryl methyl sites for hydroxylation is 2. The number of rotatable bonds is 9. The van der Waals surface area contributed by atoms with E-state index in [4.69, 9.17) is 21.9 Å². The van der Waals surface area contributed by atoms with E-state index in [0.717, 1.165) is 29.0 Å². The first-order chi connectivity index (χ1) is 14.7. The topological polar surface area (TPSA) is 167 Å². The molecule has 0 saturated carbocycles. The highest BCUT2D eigenvalue weighted by molar-refractivity contribution is 6.06. The van der Waals surface area contributed by atoms with E-state index in [1.165, 1.54) is 0 Å². The summed E-state index contributed by atoms with van der Waals surface area (Å²) in [5.41, 5.74) is 20.6. The van der Waals surface area contributed by atoms with Crippen LogP contribution in [0.2, 0.25) is 0 Å². The van der Waals surface area contributed by atoms with Crippen LogP contribution in [0.5, 0.6) is 5.75 Å². The molecule has 10 nitrogen and oxygen atoms in total. The smallest absolute Gasteiger partial charge is 0.280 e. The number of hydrogen-bond acceptors (Lipinski definition) is 8. The fraction of sp³-hybridized carbons (Fsp3) is 0.333. The maximum absolute atomic E-state index is 12.2. The largest absolute Gasteiger partial charge is 0.496 e. The fourth-order valence-corrected chi connectivity index (χ4v) is 2.86. The Morgan fingerprint density at radius 3 is 2.68 bits per heavy atom. The van der Waals surface area contributed by atoms with Gasteiger partial charge in [0.15, 0.2) is 17.5 Å². The molecule has 0 aliphatic heterocycles. The molecule has 1 amide bonds. The molecule has 31 heavy (non-hydrogen) atoms. The van der Waals surface area contributed by atoms with Crippen LogP contribution in [0.4, 0.5) is 11.6 Å². The summed E-state index contributed by atoms with van der Waals surface area (Å²) in [4.78, 5) is 24.3. The standard InChI is InChI=1S/C21H30N8O2/c1-5-15-11-14(6-7-16(15)31-4)10-12(2)25-8-9-26-21(24)29-20(30)17-19(23)28-18(22)13(3)27-17/h6-7,11,25H,2,5,8-10H2,1,3-4H3,(H4,22,23,28)(H3,24,26,29,30). The van der Waals surface area contributed by atoms with Gasteiger partial charge in [0.2, 0.25) is 0 Å². The number of methoxy groups -OCH3 is 1. The van der Waals surface area contributed by atoms with E-state index < -0.39 is 5.91 Å². The van der Waals surface area contributed by atoms with Gasteiger partial charge in [-0.25, -0.2) is 9.97 Å². The predicted molar refractivity (Wildman–Crippen MR) is 123 cm³/mol. The SMILES string of the molecule is C=C(Cc1ccc(OC)c(CC)c1)NCCN=C(N)NC(=O)c1nc(C)c(N)nc1N. The number of hydrogen-bond donors (Lipinski definition) is 5. The van der Waals surface area contributed by atoms with Gasteiger partial charge >= 0.3 is 0 Å². The van der Waals surface area contributed by atoms with Gasteiger partial charge in [0.25, 0.3) is 5.91 Å². The van der Waals surface area contributed by atoms with Crippen LogP contribution >= 0.6 is 0 Å². The molecule has 0 fully saturated rings. The molecule has 0 spiro atoms. The molecule has 0 saturated heterocycles. The Kier molecular flexibility index (Phi) is 8.18. The number of amides is 1. The van der Waals surface area contributed by atoms with Gasteiger partial charge in [-0.15, -0.1) is 0 Å². The summed E-state index contributed by atoms with van der Waals surface area (Å²) in [6.45, 7) is 8.62. The minimum absolute atomic E-state index is 0.0455. The van der Waals surface area contributed by atoms with Crippen LogP contribution < -0.4 is 32.6 Å². The van der Waals surface area contributed by atoms with Crippen molar-refractivity contribution in [3.63, 3.8) is 0 Å². The highest BCUT2D eigenvalue weighted by Crippen LogP contribution is 2.21. The number of aliphatic imine (C=N–C) groups is 1. The normalized spacial score (nSPS) is 11.1. The van der Waals surface area contributed by atoms with Crippen LogP contribution in [0.15, 0.2) is 35.5 Å². The predicted octanol–water partition coefficient (Wildman–Crippen LogP) is 0.911.